The number of halogens is 2. The number of thiophene rings is 1. The lowest BCUT2D eigenvalue weighted by atomic mass is 9.95. The summed E-state index contributed by atoms with van der Waals surface area (Å²) in [6, 6.07) is 1.60. The fraction of sp³-hybridized carbons (Fsp3) is 0.333. The van der Waals surface area contributed by atoms with Gasteiger partial charge in [0.15, 0.2) is 0 Å². The zero-order valence-corrected chi connectivity index (χ0v) is 11.0. The minimum atomic E-state index is -3.62. The van der Waals surface area contributed by atoms with Crippen molar-refractivity contribution in [2.45, 2.75) is 22.4 Å². The summed E-state index contributed by atoms with van der Waals surface area (Å²) in [6.07, 6.45) is 4.35. The van der Waals surface area contributed by atoms with Crippen molar-refractivity contribution >= 4 is 48.7 Å². The SMILES string of the molecule is CC1(Cl)C=Cc2sc(S(=O)(=O)Cl)cc2C1. The summed E-state index contributed by atoms with van der Waals surface area (Å²) in [4.78, 5) is 0.494. The first-order chi connectivity index (χ1) is 6.78. The molecule has 1 atom stereocenters. The van der Waals surface area contributed by atoms with Gasteiger partial charge in [0.25, 0.3) is 9.05 Å². The van der Waals surface area contributed by atoms with Crippen molar-refractivity contribution in [3.63, 3.8) is 0 Å². The minimum Gasteiger partial charge on any atom is -0.206 e. The summed E-state index contributed by atoms with van der Waals surface area (Å²) >= 11 is 7.34. The largest absolute Gasteiger partial charge is 0.270 e. The Morgan fingerprint density at radius 1 is 1.53 bits per heavy atom. The Morgan fingerprint density at radius 2 is 2.20 bits per heavy atom. The van der Waals surface area contributed by atoms with Gasteiger partial charge in [0, 0.05) is 15.6 Å². The van der Waals surface area contributed by atoms with Crippen molar-refractivity contribution in [2.75, 3.05) is 0 Å². The number of alkyl halides is 1. The smallest absolute Gasteiger partial charge is 0.206 e. The lowest BCUT2D eigenvalue weighted by Crippen LogP contribution is -2.18. The normalized spacial score (nSPS) is 25.3. The maximum Gasteiger partial charge on any atom is 0.270 e. The fourth-order valence-electron chi connectivity index (χ4n) is 1.50. The van der Waals surface area contributed by atoms with Gasteiger partial charge in [-0.05, 0) is 31.1 Å². The molecule has 1 unspecified atom stereocenters. The van der Waals surface area contributed by atoms with Gasteiger partial charge in [0.05, 0.1) is 4.87 Å². The van der Waals surface area contributed by atoms with E-state index in [1.165, 1.54) is 11.3 Å². The Balaban J connectivity index is 2.49. The molecule has 0 amide bonds. The molecule has 1 aliphatic rings. The fourth-order valence-corrected chi connectivity index (χ4v) is 3.89. The molecular weight excluding hydrogens is 275 g/mol. The van der Waals surface area contributed by atoms with Crippen LogP contribution >= 0.6 is 33.6 Å². The standard InChI is InChI=1S/C9H8Cl2O2S2/c1-9(10)3-2-7-6(5-9)4-8(14-7)15(11,12)13/h2-4H,5H2,1H3. The Kier molecular flexibility index (Phi) is 2.66. The van der Waals surface area contributed by atoms with E-state index in [9.17, 15) is 8.42 Å². The highest BCUT2D eigenvalue weighted by Crippen LogP contribution is 2.37. The second-order valence-electron chi connectivity index (χ2n) is 3.68. The van der Waals surface area contributed by atoms with Crippen LogP contribution in [-0.4, -0.2) is 13.3 Å². The van der Waals surface area contributed by atoms with Crippen LogP contribution < -0.4 is 0 Å². The number of hydrogen-bond acceptors (Lipinski definition) is 3. The van der Waals surface area contributed by atoms with Gasteiger partial charge in [-0.25, -0.2) is 8.42 Å². The van der Waals surface area contributed by atoms with Crippen molar-refractivity contribution in [1.29, 1.82) is 0 Å². The monoisotopic (exact) mass is 282 g/mol. The molecule has 1 heterocycles. The summed E-state index contributed by atoms with van der Waals surface area (Å²) in [5.74, 6) is 0. The van der Waals surface area contributed by atoms with Crippen LogP contribution in [0.2, 0.25) is 0 Å². The van der Waals surface area contributed by atoms with Crippen LogP contribution in [0.25, 0.3) is 6.08 Å². The van der Waals surface area contributed by atoms with E-state index >= 15 is 0 Å². The van der Waals surface area contributed by atoms with Gasteiger partial charge in [-0.1, -0.05) is 6.08 Å². The lowest BCUT2D eigenvalue weighted by molar-refractivity contribution is 0.611. The van der Waals surface area contributed by atoms with Gasteiger partial charge in [0.2, 0.25) is 0 Å². The maximum atomic E-state index is 11.1. The van der Waals surface area contributed by atoms with Gasteiger partial charge in [0.1, 0.15) is 4.21 Å². The Labute approximate surface area is 102 Å². The topological polar surface area (TPSA) is 34.1 Å². The highest BCUT2D eigenvalue weighted by atomic mass is 35.7. The van der Waals surface area contributed by atoms with Crippen molar-refractivity contribution in [2.24, 2.45) is 0 Å². The zero-order chi connectivity index (χ0) is 11.3. The van der Waals surface area contributed by atoms with E-state index in [0.29, 0.717) is 6.42 Å². The van der Waals surface area contributed by atoms with Gasteiger partial charge in [-0.2, -0.15) is 0 Å². The van der Waals surface area contributed by atoms with E-state index in [1.807, 2.05) is 19.1 Å². The third-order valence-corrected chi connectivity index (χ3v) is 5.65. The molecule has 0 aliphatic heterocycles. The summed E-state index contributed by atoms with van der Waals surface area (Å²) in [5.41, 5.74) is 0.944. The Morgan fingerprint density at radius 3 is 2.80 bits per heavy atom. The molecular formula is C9H8Cl2O2S2. The second-order valence-corrected chi connectivity index (χ2v) is 8.42. The van der Waals surface area contributed by atoms with E-state index in [1.54, 1.807) is 6.07 Å². The molecule has 2 rings (SSSR count). The summed E-state index contributed by atoms with van der Waals surface area (Å²) in [7, 11) is 1.65. The van der Waals surface area contributed by atoms with Gasteiger partial charge in [-0.15, -0.1) is 22.9 Å². The summed E-state index contributed by atoms with van der Waals surface area (Å²) < 4.78 is 22.4. The summed E-state index contributed by atoms with van der Waals surface area (Å²) in [6.45, 7) is 1.89. The first-order valence-corrected chi connectivity index (χ1v) is 7.74. The van der Waals surface area contributed by atoms with Crippen LogP contribution in [0.3, 0.4) is 0 Å². The van der Waals surface area contributed by atoms with E-state index in [2.05, 4.69) is 0 Å². The molecule has 1 aromatic heterocycles. The van der Waals surface area contributed by atoms with Crippen LogP contribution in [0.4, 0.5) is 0 Å². The van der Waals surface area contributed by atoms with Crippen LogP contribution in [0.5, 0.6) is 0 Å². The van der Waals surface area contributed by atoms with Crippen molar-refractivity contribution in [1.82, 2.24) is 0 Å². The summed E-state index contributed by atoms with van der Waals surface area (Å²) in [5, 5.41) is 0. The molecule has 1 aromatic rings. The highest BCUT2D eigenvalue weighted by Gasteiger charge is 2.26. The predicted octanol–water partition coefficient (Wildman–Crippen LogP) is 3.24. The number of rotatable bonds is 1. The molecule has 2 nitrogen and oxygen atoms in total. The molecule has 0 bridgehead atoms. The third-order valence-electron chi connectivity index (χ3n) is 2.18. The molecule has 82 valence electrons. The number of fused-ring (bicyclic) bond motifs is 1. The first-order valence-electron chi connectivity index (χ1n) is 4.23. The molecule has 0 aromatic carbocycles. The third kappa shape index (κ3) is 2.38. The van der Waals surface area contributed by atoms with Crippen LogP contribution in [0, 0.1) is 0 Å². The van der Waals surface area contributed by atoms with Gasteiger partial charge < -0.3 is 0 Å². The van der Waals surface area contributed by atoms with Gasteiger partial charge in [-0.3, -0.25) is 0 Å². The molecule has 0 radical (unpaired) electrons. The number of hydrogen-bond donors (Lipinski definition) is 0. The molecule has 0 spiro atoms. The lowest BCUT2D eigenvalue weighted by Gasteiger charge is -2.20. The Bertz CT molecular complexity index is 526. The van der Waals surface area contributed by atoms with Crippen molar-refractivity contribution < 1.29 is 8.42 Å². The van der Waals surface area contributed by atoms with Crippen molar-refractivity contribution in [3.8, 4) is 0 Å². The van der Waals surface area contributed by atoms with Crippen LogP contribution in [0.15, 0.2) is 16.4 Å². The van der Waals surface area contributed by atoms with Gasteiger partial charge >= 0.3 is 0 Å². The predicted molar refractivity (Wildman–Crippen MR) is 64.4 cm³/mol. The molecule has 15 heavy (non-hydrogen) atoms. The van der Waals surface area contributed by atoms with E-state index in [0.717, 1.165) is 10.4 Å². The highest BCUT2D eigenvalue weighted by molar-refractivity contribution is 8.15. The Hall–Kier alpha value is -0.0300. The molecule has 0 saturated carbocycles. The zero-order valence-electron chi connectivity index (χ0n) is 7.83. The van der Waals surface area contributed by atoms with E-state index in [4.69, 9.17) is 22.3 Å². The van der Waals surface area contributed by atoms with Crippen LogP contribution in [-0.2, 0) is 15.5 Å². The minimum absolute atomic E-state index is 0.188. The molecule has 1 aliphatic carbocycles. The van der Waals surface area contributed by atoms with Crippen LogP contribution in [0.1, 0.15) is 17.4 Å². The maximum absolute atomic E-state index is 11.1. The number of allylic oxidation sites excluding steroid dienone is 1. The first kappa shape index (κ1) is 11.5. The molecule has 0 fully saturated rings. The second kappa shape index (κ2) is 3.48. The van der Waals surface area contributed by atoms with E-state index < -0.39 is 13.9 Å². The average Bonchev–Trinajstić information content (AvgIpc) is 2.43. The molecule has 0 saturated heterocycles. The molecule has 6 heteroatoms. The molecule has 0 N–H and O–H groups in total. The quantitative estimate of drug-likeness (QED) is 0.585. The van der Waals surface area contributed by atoms with Crippen molar-refractivity contribution in [3.05, 3.63) is 22.6 Å². The average molecular weight is 283 g/mol. The van der Waals surface area contributed by atoms with E-state index in [-0.39, 0.29) is 4.21 Å².